The van der Waals surface area contributed by atoms with Crippen LogP contribution < -0.4 is 0 Å². The van der Waals surface area contributed by atoms with Crippen LogP contribution in [-0.4, -0.2) is 45.3 Å². The minimum Gasteiger partial charge on any atom is -0.480 e. The molecule has 21 heavy (non-hydrogen) atoms. The number of carbonyl (C=O) groups is 4. The number of nitrogens with zero attached hydrogens (tertiary/aromatic N) is 3. The number of imide groups is 2. The van der Waals surface area contributed by atoms with Gasteiger partial charge in [-0.2, -0.15) is 5.26 Å². The molecule has 0 atom stereocenters. The molecule has 1 N–H and O–H groups in total. The van der Waals surface area contributed by atoms with Gasteiger partial charge in [0.25, 0.3) is 0 Å². The maximum absolute atomic E-state index is 11.9. The molecule has 4 amide bonds. The predicted molar refractivity (Wildman–Crippen MR) is 66.5 cm³/mol. The van der Waals surface area contributed by atoms with E-state index in [1.165, 1.54) is 6.07 Å². The summed E-state index contributed by atoms with van der Waals surface area (Å²) in [5.41, 5.74) is 0.834. The van der Waals surface area contributed by atoms with Crippen molar-refractivity contribution in [1.29, 1.82) is 5.26 Å². The van der Waals surface area contributed by atoms with Crippen LogP contribution in [0.3, 0.4) is 0 Å². The zero-order chi connectivity index (χ0) is 15.6. The van der Waals surface area contributed by atoms with Crippen LogP contribution >= 0.6 is 0 Å². The number of carbonyl (C=O) groups excluding carboxylic acids is 3. The molecule has 1 aliphatic heterocycles. The molecular formula is C13H9N3O5. The average molecular weight is 287 g/mol. The molecule has 106 valence electrons. The van der Waals surface area contributed by atoms with Crippen LogP contribution in [0.25, 0.3) is 0 Å². The standard InChI is InChI=1S/C13H9N3O5/c14-5-8-2-1-3-9(4-8)6-15-11(19)12(20)16(13(15)21)7-10(17)18/h1-4H,6-7H2,(H,17,18). The fourth-order valence-corrected chi connectivity index (χ4v) is 1.89. The molecule has 1 aromatic carbocycles. The fraction of sp³-hybridized carbons (Fsp3) is 0.154. The van der Waals surface area contributed by atoms with Gasteiger partial charge >= 0.3 is 23.8 Å². The van der Waals surface area contributed by atoms with Gasteiger partial charge in [0.1, 0.15) is 6.54 Å². The van der Waals surface area contributed by atoms with Crippen molar-refractivity contribution < 1.29 is 24.3 Å². The fourth-order valence-electron chi connectivity index (χ4n) is 1.89. The molecule has 0 unspecified atom stereocenters. The molecule has 1 fully saturated rings. The molecule has 0 aromatic heterocycles. The van der Waals surface area contributed by atoms with Gasteiger partial charge in [0.2, 0.25) is 0 Å². The van der Waals surface area contributed by atoms with E-state index in [9.17, 15) is 19.2 Å². The van der Waals surface area contributed by atoms with Gasteiger partial charge in [-0.25, -0.2) is 9.69 Å². The first-order valence-electron chi connectivity index (χ1n) is 5.82. The molecule has 8 heteroatoms. The van der Waals surface area contributed by atoms with Crippen LogP contribution in [0.1, 0.15) is 11.1 Å². The van der Waals surface area contributed by atoms with Crippen LogP contribution in [0.15, 0.2) is 24.3 Å². The highest BCUT2D eigenvalue weighted by atomic mass is 16.4. The number of rotatable bonds is 4. The number of carboxylic acid groups (broad SMARTS) is 1. The monoisotopic (exact) mass is 287 g/mol. The molecule has 0 spiro atoms. The van der Waals surface area contributed by atoms with Gasteiger partial charge in [-0.15, -0.1) is 0 Å². The number of nitriles is 1. The summed E-state index contributed by atoms with van der Waals surface area (Å²) >= 11 is 0. The van der Waals surface area contributed by atoms with E-state index in [0.29, 0.717) is 20.9 Å². The Kier molecular flexibility index (Phi) is 3.67. The first kappa shape index (κ1) is 14.2. The summed E-state index contributed by atoms with van der Waals surface area (Å²) < 4.78 is 0. The maximum Gasteiger partial charge on any atom is 0.335 e. The van der Waals surface area contributed by atoms with Crippen molar-refractivity contribution in [2.24, 2.45) is 0 Å². The molecule has 1 aromatic rings. The van der Waals surface area contributed by atoms with Crippen LogP contribution in [-0.2, 0) is 20.9 Å². The van der Waals surface area contributed by atoms with E-state index in [4.69, 9.17) is 10.4 Å². The molecule has 0 radical (unpaired) electrons. The zero-order valence-electron chi connectivity index (χ0n) is 10.6. The van der Waals surface area contributed by atoms with Gasteiger partial charge in [-0.05, 0) is 17.7 Å². The van der Waals surface area contributed by atoms with E-state index in [1.54, 1.807) is 18.2 Å². The maximum atomic E-state index is 11.9. The lowest BCUT2D eigenvalue weighted by atomic mass is 10.1. The van der Waals surface area contributed by atoms with E-state index in [2.05, 4.69) is 0 Å². The third kappa shape index (κ3) is 2.71. The van der Waals surface area contributed by atoms with E-state index in [1.807, 2.05) is 6.07 Å². The topological polar surface area (TPSA) is 119 Å². The van der Waals surface area contributed by atoms with Gasteiger partial charge in [0.15, 0.2) is 0 Å². The molecule has 0 bridgehead atoms. The summed E-state index contributed by atoms with van der Waals surface area (Å²) in [4.78, 5) is 46.8. The zero-order valence-corrected chi connectivity index (χ0v) is 10.6. The number of benzene rings is 1. The Morgan fingerprint density at radius 2 is 1.86 bits per heavy atom. The Balaban J connectivity index is 2.22. The van der Waals surface area contributed by atoms with E-state index >= 15 is 0 Å². The first-order valence-corrected chi connectivity index (χ1v) is 5.82. The lowest BCUT2D eigenvalue weighted by Gasteiger charge is -2.14. The van der Waals surface area contributed by atoms with Gasteiger partial charge in [-0.3, -0.25) is 19.3 Å². The highest BCUT2D eigenvalue weighted by molar-refractivity contribution is 6.44. The Morgan fingerprint density at radius 3 is 2.48 bits per heavy atom. The third-order valence-electron chi connectivity index (χ3n) is 2.83. The third-order valence-corrected chi connectivity index (χ3v) is 2.83. The van der Waals surface area contributed by atoms with Gasteiger partial charge in [-0.1, -0.05) is 12.1 Å². The van der Waals surface area contributed by atoms with Crippen LogP contribution in [0, 0.1) is 11.3 Å². The molecule has 1 heterocycles. The van der Waals surface area contributed by atoms with Crippen molar-refractivity contribution in [2.75, 3.05) is 6.54 Å². The van der Waals surface area contributed by atoms with Crippen molar-refractivity contribution in [2.45, 2.75) is 6.54 Å². The van der Waals surface area contributed by atoms with Crippen molar-refractivity contribution in [1.82, 2.24) is 9.80 Å². The first-order chi connectivity index (χ1) is 9.93. The SMILES string of the molecule is N#Cc1cccc(CN2C(=O)C(=O)N(CC(=O)O)C2=O)c1. The second-order valence-corrected chi connectivity index (χ2v) is 4.27. The quantitative estimate of drug-likeness (QED) is 0.611. The lowest BCUT2D eigenvalue weighted by Crippen LogP contribution is -2.36. The highest BCUT2D eigenvalue weighted by Crippen LogP contribution is 2.16. The highest BCUT2D eigenvalue weighted by Gasteiger charge is 2.45. The molecule has 0 saturated carbocycles. The second-order valence-electron chi connectivity index (χ2n) is 4.27. The van der Waals surface area contributed by atoms with Gasteiger partial charge < -0.3 is 5.11 Å². The van der Waals surface area contributed by atoms with Crippen molar-refractivity contribution in [3.8, 4) is 6.07 Å². The van der Waals surface area contributed by atoms with Crippen molar-refractivity contribution >= 4 is 23.8 Å². The number of urea groups is 1. The Bertz CT molecular complexity index is 691. The van der Waals surface area contributed by atoms with Crippen molar-refractivity contribution in [3.05, 3.63) is 35.4 Å². The summed E-state index contributed by atoms with van der Waals surface area (Å²) in [6.45, 7) is -1.06. The Labute approximate surface area is 118 Å². The van der Waals surface area contributed by atoms with Crippen LogP contribution in [0.5, 0.6) is 0 Å². The average Bonchev–Trinajstić information content (AvgIpc) is 2.65. The normalized spacial score (nSPS) is 14.5. The van der Waals surface area contributed by atoms with Gasteiger partial charge in [0, 0.05) is 0 Å². The molecule has 1 saturated heterocycles. The number of hydrogen-bond acceptors (Lipinski definition) is 5. The lowest BCUT2D eigenvalue weighted by molar-refractivity contribution is -0.146. The summed E-state index contributed by atoms with van der Waals surface area (Å²) in [7, 11) is 0. The largest absolute Gasteiger partial charge is 0.480 e. The minimum atomic E-state index is -1.39. The molecule has 2 rings (SSSR count). The van der Waals surface area contributed by atoms with E-state index < -0.39 is 30.4 Å². The molecule has 1 aliphatic rings. The predicted octanol–water partition coefficient (Wildman–Crippen LogP) is -0.0663. The molecule has 8 nitrogen and oxygen atoms in total. The molecule has 0 aliphatic carbocycles. The Hall–Kier alpha value is -3.21. The smallest absolute Gasteiger partial charge is 0.335 e. The molecular weight excluding hydrogens is 278 g/mol. The Morgan fingerprint density at radius 1 is 1.19 bits per heavy atom. The van der Waals surface area contributed by atoms with Crippen molar-refractivity contribution in [3.63, 3.8) is 0 Å². The summed E-state index contributed by atoms with van der Waals surface area (Å²) in [6.07, 6.45) is 0. The summed E-state index contributed by atoms with van der Waals surface area (Å²) in [5, 5.41) is 17.4. The minimum absolute atomic E-state index is 0.199. The van der Waals surface area contributed by atoms with E-state index in [-0.39, 0.29) is 6.54 Å². The van der Waals surface area contributed by atoms with Gasteiger partial charge in [0.05, 0.1) is 18.2 Å². The summed E-state index contributed by atoms with van der Waals surface area (Å²) in [5.74, 6) is -3.64. The number of amides is 4. The second kappa shape index (κ2) is 5.42. The number of carboxylic acids is 1. The van der Waals surface area contributed by atoms with E-state index in [0.717, 1.165) is 0 Å². The van der Waals surface area contributed by atoms with Crippen LogP contribution in [0.2, 0.25) is 0 Å². The van der Waals surface area contributed by atoms with Crippen LogP contribution in [0.4, 0.5) is 4.79 Å². The number of aliphatic carboxylic acids is 1. The number of hydrogen-bond donors (Lipinski definition) is 1. The summed E-state index contributed by atoms with van der Waals surface area (Å²) in [6, 6.07) is 7.14.